The van der Waals surface area contributed by atoms with Crippen LogP contribution in [-0.4, -0.2) is 56.0 Å². The van der Waals surface area contributed by atoms with Gasteiger partial charge in [-0.25, -0.2) is 8.42 Å². The molecule has 5 nitrogen and oxygen atoms in total. The third-order valence-corrected chi connectivity index (χ3v) is 5.34. The summed E-state index contributed by atoms with van der Waals surface area (Å²) in [5, 5.41) is 0. The Kier molecular flexibility index (Phi) is 4.51. The van der Waals surface area contributed by atoms with Gasteiger partial charge in [-0.15, -0.1) is 0 Å². The normalized spacial score (nSPS) is 17.2. The van der Waals surface area contributed by atoms with E-state index < -0.39 is 10.0 Å². The van der Waals surface area contributed by atoms with E-state index in [0.29, 0.717) is 31.7 Å². The summed E-state index contributed by atoms with van der Waals surface area (Å²) < 4.78 is 25.1. The molecular formula is C13H17BrN2O3S. The Hall–Kier alpha value is -0.920. The third kappa shape index (κ3) is 3.39. The fraction of sp³-hybridized carbons (Fsp3) is 0.462. The van der Waals surface area contributed by atoms with Gasteiger partial charge in [0.15, 0.2) is 0 Å². The fourth-order valence-electron chi connectivity index (χ4n) is 2.20. The number of amides is 1. The van der Waals surface area contributed by atoms with E-state index in [0.717, 1.165) is 10.0 Å². The number of sulfonamides is 1. The Bertz CT molecular complexity index is 623. The first-order valence-corrected chi connectivity index (χ1v) is 8.94. The van der Waals surface area contributed by atoms with Crippen LogP contribution >= 0.6 is 15.9 Å². The monoisotopic (exact) mass is 360 g/mol. The zero-order valence-electron chi connectivity index (χ0n) is 11.5. The van der Waals surface area contributed by atoms with Crippen LogP contribution in [0.5, 0.6) is 0 Å². The van der Waals surface area contributed by atoms with Gasteiger partial charge in [0, 0.05) is 30.7 Å². The lowest BCUT2D eigenvalue weighted by Gasteiger charge is -2.33. The number of benzene rings is 1. The van der Waals surface area contributed by atoms with Gasteiger partial charge in [-0.2, -0.15) is 4.31 Å². The van der Waals surface area contributed by atoms with Gasteiger partial charge >= 0.3 is 0 Å². The van der Waals surface area contributed by atoms with Crippen molar-refractivity contribution in [3.8, 4) is 0 Å². The number of hydrogen-bond acceptors (Lipinski definition) is 3. The van der Waals surface area contributed by atoms with Gasteiger partial charge in [-0.05, 0) is 35.0 Å². The van der Waals surface area contributed by atoms with Gasteiger partial charge < -0.3 is 4.90 Å². The maximum absolute atomic E-state index is 12.5. The SMILES string of the molecule is Cc1ccc(Br)c(C(=O)N2CCN(S(C)(=O)=O)CC2)c1. The van der Waals surface area contributed by atoms with Crippen LogP contribution in [0.2, 0.25) is 0 Å². The highest BCUT2D eigenvalue weighted by Gasteiger charge is 2.27. The lowest BCUT2D eigenvalue weighted by atomic mass is 10.1. The summed E-state index contributed by atoms with van der Waals surface area (Å²) in [5.74, 6) is -0.0614. The molecule has 1 aromatic carbocycles. The molecule has 1 aliphatic heterocycles. The molecular weight excluding hydrogens is 344 g/mol. The maximum atomic E-state index is 12.5. The second kappa shape index (κ2) is 5.83. The molecule has 1 aliphatic rings. The van der Waals surface area contributed by atoms with Crippen LogP contribution in [0.25, 0.3) is 0 Å². The van der Waals surface area contributed by atoms with Gasteiger partial charge in [-0.1, -0.05) is 11.6 Å². The summed E-state index contributed by atoms with van der Waals surface area (Å²) in [7, 11) is -3.17. The minimum Gasteiger partial charge on any atom is -0.336 e. The van der Waals surface area contributed by atoms with Crippen LogP contribution in [0.15, 0.2) is 22.7 Å². The van der Waals surface area contributed by atoms with Crippen molar-refractivity contribution in [2.75, 3.05) is 32.4 Å². The first-order chi connectivity index (χ1) is 9.29. The minimum absolute atomic E-state index is 0.0614. The lowest BCUT2D eigenvalue weighted by Crippen LogP contribution is -2.50. The number of rotatable bonds is 2. The number of nitrogens with zero attached hydrogens (tertiary/aromatic N) is 2. The lowest BCUT2D eigenvalue weighted by molar-refractivity contribution is 0.0697. The zero-order valence-corrected chi connectivity index (χ0v) is 13.9. The number of hydrogen-bond donors (Lipinski definition) is 0. The topological polar surface area (TPSA) is 57.7 Å². The van der Waals surface area contributed by atoms with Crippen molar-refractivity contribution in [1.29, 1.82) is 0 Å². The van der Waals surface area contributed by atoms with Crippen molar-refractivity contribution in [3.05, 3.63) is 33.8 Å². The quantitative estimate of drug-likeness (QED) is 0.802. The fourth-order valence-corrected chi connectivity index (χ4v) is 3.44. The molecule has 0 aromatic heterocycles. The molecule has 0 radical (unpaired) electrons. The Morgan fingerprint density at radius 1 is 1.20 bits per heavy atom. The van der Waals surface area contributed by atoms with Crippen LogP contribution < -0.4 is 0 Å². The van der Waals surface area contributed by atoms with E-state index in [1.807, 2.05) is 25.1 Å². The zero-order chi connectivity index (χ0) is 14.9. The smallest absolute Gasteiger partial charge is 0.255 e. The largest absolute Gasteiger partial charge is 0.336 e. The Balaban J connectivity index is 2.11. The summed E-state index contributed by atoms with van der Waals surface area (Å²) >= 11 is 3.39. The molecule has 1 aromatic rings. The molecule has 110 valence electrons. The predicted octanol–water partition coefficient (Wildman–Crippen LogP) is 1.47. The summed E-state index contributed by atoms with van der Waals surface area (Å²) in [6.07, 6.45) is 1.20. The number of halogens is 1. The Labute approximate surface area is 127 Å². The summed E-state index contributed by atoms with van der Waals surface area (Å²) in [5.41, 5.74) is 1.64. The van der Waals surface area contributed by atoms with Crippen molar-refractivity contribution in [3.63, 3.8) is 0 Å². The van der Waals surface area contributed by atoms with E-state index in [-0.39, 0.29) is 5.91 Å². The molecule has 0 saturated carbocycles. The molecule has 1 fully saturated rings. The van der Waals surface area contributed by atoms with E-state index in [9.17, 15) is 13.2 Å². The summed E-state index contributed by atoms with van der Waals surface area (Å²) in [6.45, 7) is 3.49. The molecule has 7 heteroatoms. The van der Waals surface area contributed by atoms with E-state index in [4.69, 9.17) is 0 Å². The molecule has 0 N–H and O–H groups in total. The van der Waals surface area contributed by atoms with Crippen LogP contribution in [0.1, 0.15) is 15.9 Å². The molecule has 2 rings (SSSR count). The molecule has 0 atom stereocenters. The first kappa shape index (κ1) is 15.5. The van der Waals surface area contributed by atoms with Gasteiger partial charge in [0.2, 0.25) is 10.0 Å². The Morgan fingerprint density at radius 2 is 1.80 bits per heavy atom. The van der Waals surface area contributed by atoms with Gasteiger partial charge in [0.1, 0.15) is 0 Å². The minimum atomic E-state index is -3.17. The summed E-state index contributed by atoms with van der Waals surface area (Å²) in [4.78, 5) is 14.2. The van der Waals surface area contributed by atoms with Crippen molar-refractivity contribution in [1.82, 2.24) is 9.21 Å². The molecule has 1 heterocycles. The molecule has 20 heavy (non-hydrogen) atoms. The van der Waals surface area contributed by atoms with E-state index >= 15 is 0 Å². The number of carbonyl (C=O) groups excluding carboxylic acids is 1. The second-order valence-electron chi connectivity index (χ2n) is 4.94. The van der Waals surface area contributed by atoms with E-state index in [1.54, 1.807) is 4.90 Å². The van der Waals surface area contributed by atoms with Crippen LogP contribution in [0.3, 0.4) is 0 Å². The molecule has 0 aliphatic carbocycles. The highest BCUT2D eigenvalue weighted by atomic mass is 79.9. The number of piperazine rings is 1. The second-order valence-corrected chi connectivity index (χ2v) is 7.77. The first-order valence-electron chi connectivity index (χ1n) is 6.29. The van der Waals surface area contributed by atoms with E-state index in [2.05, 4.69) is 15.9 Å². The van der Waals surface area contributed by atoms with Crippen molar-refractivity contribution < 1.29 is 13.2 Å². The number of aryl methyl sites for hydroxylation is 1. The molecule has 0 spiro atoms. The maximum Gasteiger partial charge on any atom is 0.255 e. The van der Waals surface area contributed by atoms with Gasteiger partial charge in [0.25, 0.3) is 5.91 Å². The molecule has 1 saturated heterocycles. The van der Waals surface area contributed by atoms with Crippen molar-refractivity contribution in [2.45, 2.75) is 6.92 Å². The predicted molar refractivity (Wildman–Crippen MR) is 81.2 cm³/mol. The van der Waals surface area contributed by atoms with Crippen LogP contribution in [0.4, 0.5) is 0 Å². The van der Waals surface area contributed by atoms with Gasteiger partial charge in [-0.3, -0.25) is 4.79 Å². The van der Waals surface area contributed by atoms with Crippen molar-refractivity contribution >= 4 is 31.9 Å². The molecule has 0 unspecified atom stereocenters. The van der Waals surface area contributed by atoms with Gasteiger partial charge in [0.05, 0.1) is 11.8 Å². The highest BCUT2D eigenvalue weighted by Crippen LogP contribution is 2.21. The standard InChI is InChI=1S/C13H17BrN2O3S/c1-10-3-4-12(14)11(9-10)13(17)15-5-7-16(8-6-15)20(2,18)19/h3-4,9H,5-8H2,1-2H3. The Morgan fingerprint density at radius 3 is 2.35 bits per heavy atom. The average Bonchev–Trinajstić information content (AvgIpc) is 2.40. The average molecular weight is 361 g/mol. The summed E-state index contributed by atoms with van der Waals surface area (Å²) in [6, 6.07) is 5.63. The molecule has 1 amide bonds. The van der Waals surface area contributed by atoms with Crippen molar-refractivity contribution in [2.24, 2.45) is 0 Å². The van der Waals surface area contributed by atoms with E-state index in [1.165, 1.54) is 10.6 Å². The van der Waals surface area contributed by atoms with Crippen LogP contribution in [0, 0.1) is 6.92 Å². The third-order valence-electron chi connectivity index (χ3n) is 3.35. The van der Waals surface area contributed by atoms with Crippen LogP contribution in [-0.2, 0) is 10.0 Å². The highest BCUT2D eigenvalue weighted by molar-refractivity contribution is 9.10. The molecule has 0 bridgehead atoms. The number of carbonyl (C=O) groups is 1.